The minimum atomic E-state index is 0.199. The summed E-state index contributed by atoms with van der Waals surface area (Å²) in [6.07, 6.45) is 6.80. The molecule has 1 fully saturated rings. The van der Waals surface area contributed by atoms with Crippen LogP contribution in [0.25, 0.3) is 0 Å². The van der Waals surface area contributed by atoms with Crippen molar-refractivity contribution in [3.63, 3.8) is 0 Å². The quantitative estimate of drug-likeness (QED) is 0.896. The summed E-state index contributed by atoms with van der Waals surface area (Å²) in [5.41, 5.74) is 0.199. The maximum atomic E-state index is 5.13. The Morgan fingerprint density at radius 3 is 2.95 bits per heavy atom. The minimum absolute atomic E-state index is 0.199. The summed E-state index contributed by atoms with van der Waals surface area (Å²) in [6.45, 7) is 3.22. The van der Waals surface area contributed by atoms with Gasteiger partial charge in [0.05, 0.1) is 7.11 Å². The topological polar surface area (TPSA) is 50.3 Å². The molecule has 1 N–H and O–H groups in total. The lowest BCUT2D eigenvalue weighted by molar-refractivity contribution is 0.0880. The van der Waals surface area contributed by atoms with Crippen LogP contribution in [0.2, 0.25) is 0 Å². The molecule has 1 aromatic rings. The smallest absolute Gasteiger partial charge is 0.226 e. The molecular formula is C15H26N4O. The molecule has 112 valence electrons. The largest absolute Gasteiger partial charge is 0.481 e. The van der Waals surface area contributed by atoms with Gasteiger partial charge in [-0.25, -0.2) is 4.98 Å². The minimum Gasteiger partial charge on any atom is -0.481 e. The summed E-state index contributed by atoms with van der Waals surface area (Å²) < 4.78 is 5.13. The van der Waals surface area contributed by atoms with Crippen molar-refractivity contribution in [2.45, 2.75) is 38.1 Å². The van der Waals surface area contributed by atoms with Gasteiger partial charge in [-0.15, -0.1) is 0 Å². The molecule has 5 heteroatoms. The highest BCUT2D eigenvalue weighted by Crippen LogP contribution is 2.35. The number of methoxy groups -OCH3 is 1. The average molecular weight is 278 g/mol. The Hall–Kier alpha value is -1.36. The summed E-state index contributed by atoms with van der Waals surface area (Å²) >= 11 is 0. The van der Waals surface area contributed by atoms with Crippen molar-refractivity contribution < 1.29 is 4.74 Å². The van der Waals surface area contributed by atoms with Gasteiger partial charge < -0.3 is 15.0 Å². The normalized spacial score (nSPS) is 26.6. The first-order valence-electron chi connectivity index (χ1n) is 7.34. The van der Waals surface area contributed by atoms with E-state index in [1.54, 1.807) is 19.4 Å². The van der Waals surface area contributed by atoms with Gasteiger partial charge in [0.1, 0.15) is 0 Å². The molecule has 0 saturated heterocycles. The SMILES string of the molecule is COc1ccnc(NCC2(N(C)C)CCCC(C)C2)n1. The Labute approximate surface area is 121 Å². The van der Waals surface area contributed by atoms with Crippen LogP contribution in [0.5, 0.6) is 5.88 Å². The molecule has 0 aliphatic heterocycles. The highest BCUT2D eigenvalue weighted by Gasteiger charge is 2.36. The van der Waals surface area contributed by atoms with Crippen molar-refractivity contribution in [2.75, 3.05) is 33.1 Å². The standard InChI is InChI=1S/C15H26N4O/c1-12-6-5-8-15(10-12,19(2)3)11-17-14-16-9-7-13(18-14)20-4/h7,9,12H,5-6,8,10-11H2,1-4H3,(H,16,17,18). The van der Waals surface area contributed by atoms with E-state index in [1.807, 2.05) is 0 Å². The molecule has 0 amide bonds. The van der Waals surface area contributed by atoms with E-state index in [0.29, 0.717) is 11.8 Å². The molecule has 0 aromatic carbocycles. The van der Waals surface area contributed by atoms with Gasteiger partial charge in [0, 0.05) is 24.3 Å². The molecular weight excluding hydrogens is 252 g/mol. The summed E-state index contributed by atoms with van der Waals surface area (Å²) in [6, 6.07) is 1.76. The number of nitrogens with one attached hydrogen (secondary N) is 1. The maximum absolute atomic E-state index is 5.13. The fraction of sp³-hybridized carbons (Fsp3) is 0.733. The second-order valence-corrected chi connectivity index (χ2v) is 6.10. The molecule has 2 rings (SSSR count). The van der Waals surface area contributed by atoms with E-state index in [4.69, 9.17) is 4.74 Å². The molecule has 5 nitrogen and oxygen atoms in total. The summed E-state index contributed by atoms with van der Waals surface area (Å²) in [5, 5.41) is 3.39. The monoisotopic (exact) mass is 278 g/mol. The Kier molecular flexibility index (Phi) is 4.81. The van der Waals surface area contributed by atoms with E-state index < -0.39 is 0 Å². The molecule has 0 spiro atoms. The Morgan fingerprint density at radius 2 is 2.30 bits per heavy atom. The van der Waals surface area contributed by atoms with Crippen molar-refractivity contribution in [2.24, 2.45) is 5.92 Å². The van der Waals surface area contributed by atoms with Crippen LogP contribution in [0.1, 0.15) is 32.6 Å². The first kappa shape index (κ1) is 15.0. The second kappa shape index (κ2) is 6.39. The number of anilines is 1. The number of hydrogen-bond acceptors (Lipinski definition) is 5. The third kappa shape index (κ3) is 3.39. The lowest BCUT2D eigenvalue weighted by Crippen LogP contribution is -2.52. The zero-order valence-corrected chi connectivity index (χ0v) is 13.0. The van der Waals surface area contributed by atoms with Crippen molar-refractivity contribution in [1.82, 2.24) is 14.9 Å². The van der Waals surface area contributed by atoms with Crippen LogP contribution in [0.4, 0.5) is 5.95 Å². The lowest BCUT2D eigenvalue weighted by atomic mass is 9.75. The number of nitrogens with zero attached hydrogens (tertiary/aromatic N) is 3. The van der Waals surface area contributed by atoms with Gasteiger partial charge in [0.15, 0.2) is 0 Å². The van der Waals surface area contributed by atoms with E-state index in [0.717, 1.165) is 12.5 Å². The van der Waals surface area contributed by atoms with Crippen molar-refractivity contribution in [3.05, 3.63) is 12.3 Å². The third-order valence-corrected chi connectivity index (χ3v) is 4.43. The highest BCUT2D eigenvalue weighted by atomic mass is 16.5. The Bertz CT molecular complexity index is 438. The van der Waals surface area contributed by atoms with Crippen LogP contribution in [-0.4, -0.2) is 48.2 Å². The zero-order chi connectivity index (χ0) is 14.6. The van der Waals surface area contributed by atoms with Crippen molar-refractivity contribution >= 4 is 5.95 Å². The van der Waals surface area contributed by atoms with Gasteiger partial charge in [-0.2, -0.15) is 4.98 Å². The molecule has 2 atom stereocenters. The summed E-state index contributed by atoms with van der Waals surface area (Å²) in [7, 11) is 5.97. The fourth-order valence-electron chi connectivity index (χ4n) is 3.14. The fourth-order valence-corrected chi connectivity index (χ4v) is 3.14. The average Bonchev–Trinajstić information content (AvgIpc) is 2.45. The van der Waals surface area contributed by atoms with Crippen LogP contribution in [0.15, 0.2) is 12.3 Å². The predicted molar refractivity (Wildman–Crippen MR) is 81.1 cm³/mol. The maximum Gasteiger partial charge on any atom is 0.226 e. The molecule has 1 aromatic heterocycles. The molecule has 2 unspecified atom stereocenters. The van der Waals surface area contributed by atoms with Crippen LogP contribution in [0.3, 0.4) is 0 Å². The summed E-state index contributed by atoms with van der Waals surface area (Å²) in [4.78, 5) is 10.9. The van der Waals surface area contributed by atoms with Crippen molar-refractivity contribution in [3.8, 4) is 5.88 Å². The van der Waals surface area contributed by atoms with Gasteiger partial charge in [-0.05, 0) is 32.9 Å². The van der Waals surface area contributed by atoms with Gasteiger partial charge >= 0.3 is 0 Å². The molecule has 0 bridgehead atoms. The predicted octanol–water partition coefficient (Wildman–Crippen LogP) is 2.41. The first-order chi connectivity index (χ1) is 9.55. The van der Waals surface area contributed by atoms with Gasteiger partial charge in [0.25, 0.3) is 0 Å². The second-order valence-electron chi connectivity index (χ2n) is 6.10. The van der Waals surface area contributed by atoms with Gasteiger partial charge in [-0.1, -0.05) is 19.8 Å². The van der Waals surface area contributed by atoms with Gasteiger partial charge in [-0.3, -0.25) is 0 Å². The van der Waals surface area contributed by atoms with Crippen LogP contribution in [0, 0.1) is 5.92 Å². The number of likely N-dealkylation sites (N-methyl/N-ethyl adjacent to an activating group) is 1. The number of aromatic nitrogens is 2. The van der Waals surface area contributed by atoms with Crippen LogP contribution < -0.4 is 10.1 Å². The van der Waals surface area contributed by atoms with E-state index in [9.17, 15) is 0 Å². The molecule has 1 heterocycles. The molecule has 1 saturated carbocycles. The summed E-state index contributed by atoms with van der Waals surface area (Å²) in [5.74, 6) is 2.02. The van der Waals surface area contributed by atoms with Crippen molar-refractivity contribution in [1.29, 1.82) is 0 Å². The number of ether oxygens (including phenoxy) is 1. The van der Waals surface area contributed by atoms with Crippen LogP contribution in [-0.2, 0) is 0 Å². The van der Waals surface area contributed by atoms with E-state index in [1.165, 1.54) is 25.7 Å². The highest BCUT2D eigenvalue weighted by molar-refractivity contribution is 5.28. The number of rotatable bonds is 5. The molecule has 0 radical (unpaired) electrons. The van der Waals surface area contributed by atoms with E-state index in [-0.39, 0.29) is 5.54 Å². The van der Waals surface area contributed by atoms with E-state index >= 15 is 0 Å². The molecule has 1 aliphatic carbocycles. The van der Waals surface area contributed by atoms with Crippen LogP contribution >= 0.6 is 0 Å². The number of hydrogen-bond donors (Lipinski definition) is 1. The Morgan fingerprint density at radius 1 is 1.50 bits per heavy atom. The van der Waals surface area contributed by atoms with Gasteiger partial charge in [0.2, 0.25) is 11.8 Å². The first-order valence-corrected chi connectivity index (χ1v) is 7.34. The third-order valence-electron chi connectivity index (χ3n) is 4.43. The lowest BCUT2D eigenvalue weighted by Gasteiger charge is -2.45. The van der Waals surface area contributed by atoms with E-state index in [2.05, 4.69) is 41.2 Å². The Balaban J connectivity index is 2.05. The zero-order valence-electron chi connectivity index (χ0n) is 13.0. The molecule has 20 heavy (non-hydrogen) atoms. The molecule has 1 aliphatic rings.